The molecule has 10 nitrogen and oxygen atoms in total. The lowest BCUT2D eigenvalue weighted by Gasteiger charge is -2.13. The number of hydrogen-bond donors (Lipinski definition) is 3. The summed E-state index contributed by atoms with van der Waals surface area (Å²) in [6, 6.07) is 25.9. The Balaban J connectivity index is 1.46. The Labute approximate surface area is 265 Å². The van der Waals surface area contributed by atoms with Crippen LogP contribution in [0, 0.1) is 0 Å². The predicted molar refractivity (Wildman–Crippen MR) is 175 cm³/mol. The van der Waals surface area contributed by atoms with Gasteiger partial charge >= 0.3 is 0 Å². The second kappa shape index (κ2) is 15.9. The lowest BCUT2D eigenvalue weighted by atomic mass is 10.1. The van der Waals surface area contributed by atoms with E-state index >= 15 is 0 Å². The van der Waals surface area contributed by atoms with Crippen molar-refractivity contribution < 1.29 is 33.3 Å². The maximum atomic E-state index is 13.5. The average molecular weight is 628 g/mol. The Hall–Kier alpha value is -5.42. The number of hydrogen-bond acceptors (Lipinski definition) is 8. The third kappa shape index (κ3) is 9.04. The standard InChI is InChI=1S/C34H33N3O7S/c1-41-25-12-16-30(43-3)23(18-25)19-29(37-33(39)22-8-6-5-7-9-22)34(40)35-24-10-14-27(15-11-24)45-21-32(38)36-28-20-26(42-2)13-17-31(28)44-4/h5-20H,21H2,1-4H3,(H,35,40)(H,36,38)(H,37,39)/b29-19-. The summed E-state index contributed by atoms with van der Waals surface area (Å²) < 4.78 is 21.3. The molecular formula is C34H33N3O7S. The highest BCUT2D eigenvalue weighted by atomic mass is 32.2. The molecule has 3 amide bonds. The van der Waals surface area contributed by atoms with Gasteiger partial charge < -0.3 is 34.9 Å². The summed E-state index contributed by atoms with van der Waals surface area (Å²) >= 11 is 1.33. The molecule has 0 aliphatic heterocycles. The van der Waals surface area contributed by atoms with Gasteiger partial charge in [-0.15, -0.1) is 11.8 Å². The molecule has 45 heavy (non-hydrogen) atoms. The summed E-state index contributed by atoms with van der Waals surface area (Å²) in [5.74, 6) is 1.09. The maximum Gasteiger partial charge on any atom is 0.272 e. The molecular weight excluding hydrogens is 594 g/mol. The first-order chi connectivity index (χ1) is 21.8. The van der Waals surface area contributed by atoms with E-state index in [0.717, 1.165) is 4.90 Å². The molecule has 0 atom stereocenters. The average Bonchev–Trinajstić information content (AvgIpc) is 3.07. The Morgan fingerprint density at radius 3 is 2.00 bits per heavy atom. The minimum atomic E-state index is -0.545. The maximum absolute atomic E-state index is 13.5. The van der Waals surface area contributed by atoms with Gasteiger partial charge in [-0.2, -0.15) is 0 Å². The summed E-state index contributed by atoms with van der Waals surface area (Å²) in [5.41, 5.74) is 1.93. The van der Waals surface area contributed by atoms with Crippen LogP contribution in [0.15, 0.2) is 102 Å². The van der Waals surface area contributed by atoms with Crippen LogP contribution in [-0.4, -0.2) is 51.9 Å². The van der Waals surface area contributed by atoms with Crippen molar-refractivity contribution in [3.63, 3.8) is 0 Å². The Morgan fingerprint density at radius 2 is 1.36 bits per heavy atom. The molecule has 0 unspecified atom stereocenters. The summed E-state index contributed by atoms with van der Waals surface area (Å²) in [5, 5.41) is 8.38. The van der Waals surface area contributed by atoms with Crippen molar-refractivity contribution >= 4 is 46.9 Å². The number of carbonyl (C=O) groups excluding carboxylic acids is 3. The topological polar surface area (TPSA) is 124 Å². The van der Waals surface area contributed by atoms with Gasteiger partial charge in [0, 0.05) is 27.8 Å². The SMILES string of the molecule is COc1ccc(OC)c(/C=C(\NC(=O)c2ccccc2)C(=O)Nc2ccc(SCC(=O)Nc3cc(OC)ccc3OC)cc2)c1. The largest absolute Gasteiger partial charge is 0.497 e. The fourth-order valence-corrected chi connectivity index (χ4v) is 4.83. The van der Waals surface area contributed by atoms with Crippen LogP contribution in [0.5, 0.6) is 23.0 Å². The summed E-state index contributed by atoms with van der Waals surface area (Å²) in [4.78, 5) is 39.9. The smallest absolute Gasteiger partial charge is 0.272 e. The molecule has 4 aromatic rings. The highest BCUT2D eigenvalue weighted by Crippen LogP contribution is 2.30. The summed E-state index contributed by atoms with van der Waals surface area (Å²) in [6.07, 6.45) is 1.53. The van der Waals surface area contributed by atoms with Crippen molar-refractivity contribution in [3.8, 4) is 23.0 Å². The van der Waals surface area contributed by atoms with E-state index in [1.165, 1.54) is 39.2 Å². The molecule has 4 rings (SSSR count). The molecule has 0 spiro atoms. The van der Waals surface area contributed by atoms with Crippen molar-refractivity contribution in [2.45, 2.75) is 4.90 Å². The van der Waals surface area contributed by atoms with Crippen LogP contribution in [-0.2, 0) is 9.59 Å². The van der Waals surface area contributed by atoms with Crippen LogP contribution >= 0.6 is 11.8 Å². The van der Waals surface area contributed by atoms with Gasteiger partial charge in [0.1, 0.15) is 28.7 Å². The quantitative estimate of drug-likeness (QED) is 0.124. The van der Waals surface area contributed by atoms with Crippen LogP contribution in [0.3, 0.4) is 0 Å². The van der Waals surface area contributed by atoms with Gasteiger partial charge in [0.15, 0.2) is 0 Å². The summed E-state index contributed by atoms with van der Waals surface area (Å²) in [6.45, 7) is 0. The van der Waals surface area contributed by atoms with E-state index in [2.05, 4.69) is 16.0 Å². The molecule has 4 aromatic carbocycles. The monoisotopic (exact) mass is 627 g/mol. The fourth-order valence-electron chi connectivity index (χ4n) is 4.13. The van der Waals surface area contributed by atoms with E-state index in [1.807, 2.05) is 0 Å². The molecule has 11 heteroatoms. The molecule has 0 aliphatic carbocycles. The minimum Gasteiger partial charge on any atom is -0.497 e. The van der Waals surface area contributed by atoms with Crippen LogP contribution in [0.1, 0.15) is 15.9 Å². The van der Waals surface area contributed by atoms with Crippen LogP contribution < -0.4 is 34.9 Å². The van der Waals surface area contributed by atoms with E-state index < -0.39 is 11.8 Å². The lowest BCUT2D eigenvalue weighted by molar-refractivity contribution is -0.114. The van der Waals surface area contributed by atoms with Gasteiger partial charge in [0.2, 0.25) is 5.91 Å². The molecule has 0 saturated heterocycles. The molecule has 0 saturated carbocycles. The molecule has 0 heterocycles. The fraction of sp³-hybridized carbons (Fsp3) is 0.147. The van der Waals surface area contributed by atoms with Crippen LogP contribution in [0.25, 0.3) is 6.08 Å². The van der Waals surface area contributed by atoms with E-state index in [9.17, 15) is 14.4 Å². The number of ether oxygens (including phenoxy) is 4. The van der Waals surface area contributed by atoms with Crippen LogP contribution in [0.4, 0.5) is 11.4 Å². The van der Waals surface area contributed by atoms with Crippen molar-refractivity contribution in [3.05, 3.63) is 108 Å². The number of amides is 3. The zero-order chi connectivity index (χ0) is 32.2. The van der Waals surface area contributed by atoms with Gasteiger partial charge in [0.05, 0.1) is 39.9 Å². The molecule has 0 radical (unpaired) electrons. The van der Waals surface area contributed by atoms with Gasteiger partial charge in [-0.05, 0) is 72.8 Å². The Morgan fingerprint density at radius 1 is 0.711 bits per heavy atom. The normalized spacial score (nSPS) is 10.8. The van der Waals surface area contributed by atoms with Gasteiger partial charge in [-0.25, -0.2) is 0 Å². The number of nitrogens with one attached hydrogen (secondary N) is 3. The first-order valence-electron chi connectivity index (χ1n) is 13.7. The molecule has 232 valence electrons. The zero-order valence-electron chi connectivity index (χ0n) is 25.2. The minimum absolute atomic E-state index is 0.00139. The highest BCUT2D eigenvalue weighted by molar-refractivity contribution is 8.00. The Bertz CT molecular complexity index is 1680. The third-order valence-electron chi connectivity index (χ3n) is 6.43. The van der Waals surface area contributed by atoms with E-state index in [4.69, 9.17) is 18.9 Å². The van der Waals surface area contributed by atoms with E-state index in [-0.39, 0.29) is 17.4 Å². The van der Waals surface area contributed by atoms with E-state index in [1.54, 1.807) is 98.1 Å². The summed E-state index contributed by atoms with van der Waals surface area (Å²) in [7, 11) is 6.12. The first-order valence-corrected chi connectivity index (χ1v) is 14.7. The molecule has 0 aromatic heterocycles. The second-order valence-electron chi connectivity index (χ2n) is 9.37. The van der Waals surface area contributed by atoms with Crippen LogP contribution in [0.2, 0.25) is 0 Å². The van der Waals surface area contributed by atoms with E-state index in [0.29, 0.717) is 45.5 Å². The van der Waals surface area contributed by atoms with Crippen molar-refractivity contribution in [1.82, 2.24) is 5.32 Å². The van der Waals surface area contributed by atoms with Crippen molar-refractivity contribution in [2.75, 3.05) is 44.8 Å². The number of anilines is 2. The predicted octanol–water partition coefficient (Wildman–Crippen LogP) is 5.86. The number of carbonyl (C=O) groups is 3. The van der Waals surface area contributed by atoms with Crippen molar-refractivity contribution in [2.24, 2.45) is 0 Å². The third-order valence-corrected chi connectivity index (χ3v) is 7.44. The molecule has 3 N–H and O–H groups in total. The van der Waals surface area contributed by atoms with Gasteiger partial charge in [0.25, 0.3) is 11.8 Å². The number of rotatable bonds is 13. The number of methoxy groups -OCH3 is 4. The highest BCUT2D eigenvalue weighted by Gasteiger charge is 2.17. The Kier molecular flexibility index (Phi) is 11.5. The number of benzene rings is 4. The number of thioether (sulfide) groups is 1. The second-order valence-corrected chi connectivity index (χ2v) is 10.4. The molecule has 0 aliphatic rings. The first kappa shape index (κ1) is 32.5. The molecule has 0 fully saturated rings. The molecule has 0 bridgehead atoms. The van der Waals surface area contributed by atoms with Gasteiger partial charge in [-0.3, -0.25) is 14.4 Å². The van der Waals surface area contributed by atoms with Gasteiger partial charge in [-0.1, -0.05) is 18.2 Å². The zero-order valence-corrected chi connectivity index (χ0v) is 26.0. The van der Waals surface area contributed by atoms with Crippen molar-refractivity contribution in [1.29, 1.82) is 0 Å². The lowest BCUT2D eigenvalue weighted by Crippen LogP contribution is -2.30.